The maximum atomic E-state index is 14.4. The van der Waals surface area contributed by atoms with Gasteiger partial charge in [-0.2, -0.15) is 0 Å². The van der Waals surface area contributed by atoms with Crippen molar-refractivity contribution >= 4 is 34.2 Å². The molecule has 1 atom stereocenters. The molecule has 4 heterocycles. The van der Waals surface area contributed by atoms with Gasteiger partial charge < -0.3 is 23.5 Å². The molecular formula is C35H31N3O6S. The molecule has 45 heavy (non-hydrogen) atoms. The Labute approximate surface area is 262 Å². The standard InChI is InChI=1S/C35H31N3O6S/c1-6-42-34(40)30-20(3)36-35-38(32(30)31-25-10-8-7-9-22(25)11-13-27(31)41-5)33(39)29(45-35)16-23-15-19(2)37(21(23)4)24-12-14-26-28(17-24)44-18-43-26/h7-17,32H,6,18H2,1-5H3/b29-16+/t32-/m0/s1. The Morgan fingerprint density at radius 3 is 2.67 bits per heavy atom. The van der Waals surface area contributed by atoms with Crippen LogP contribution in [0, 0.1) is 13.8 Å². The van der Waals surface area contributed by atoms with E-state index in [0.717, 1.165) is 39.2 Å². The van der Waals surface area contributed by atoms with Gasteiger partial charge in [0.15, 0.2) is 16.3 Å². The molecule has 0 spiro atoms. The summed E-state index contributed by atoms with van der Waals surface area (Å²) >= 11 is 1.30. The van der Waals surface area contributed by atoms with Crippen molar-refractivity contribution in [1.82, 2.24) is 9.13 Å². The van der Waals surface area contributed by atoms with Crippen molar-refractivity contribution in [2.24, 2.45) is 4.99 Å². The maximum absolute atomic E-state index is 14.4. The zero-order chi connectivity index (χ0) is 31.4. The Balaban J connectivity index is 1.44. The number of methoxy groups -OCH3 is 1. The molecule has 0 amide bonds. The number of hydrogen-bond donors (Lipinski definition) is 0. The van der Waals surface area contributed by atoms with E-state index >= 15 is 0 Å². The lowest BCUT2D eigenvalue weighted by molar-refractivity contribution is -0.139. The lowest BCUT2D eigenvalue weighted by Gasteiger charge is -2.27. The number of benzene rings is 3. The SMILES string of the molecule is CCOC(=O)C1=C(C)N=c2s/c(=C/c3cc(C)n(-c4ccc5c(c4)OCO5)c3C)c(=O)n2[C@@H]1c1c(OC)ccc2ccccc12. The number of aryl methyl sites for hydroxylation is 1. The number of aromatic nitrogens is 2. The van der Waals surface area contributed by atoms with Crippen LogP contribution in [0.15, 0.2) is 81.7 Å². The third-order valence-electron chi connectivity index (χ3n) is 8.31. The third kappa shape index (κ3) is 4.64. The van der Waals surface area contributed by atoms with Crippen molar-refractivity contribution < 1.29 is 23.7 Å². The van der Waals surface area contributed by atoms with E-state index < -0.39 is 12.0 Å². The molecule has 0 aliphatic carbocycles. The molecular weight excluding hydrogens is 590 g/mol. The van der Waals surface area contributed by atoms with E-state index in [9.17, 15) is 9.59 Å². The minimum absolute atomic E-state index is 0.193. The molecule has 2 aliphatic heterocycles. The topological polar surface area (TPSA) is 93.3 Å². The fourth-order valence-electron chi connectivity index (χ4n) is 6.30. The average Bonchev–Trinajstić information content (AvgIpc) is 3.70. The predicted octanol–water partition coefficient (Wildman–Crippen LogP) is 5.10. The molecule has 0 radical (unpaired) electrons. The molecule has 10 heteroatoms. The molecule has 5 aromatic rings. The Kier molecular flexibility index (Phi) is 7.08. The first kappa shape index (κ1) is 28.7. The molecule has 0 saturated heterocycles. The van der Waals surface area contributed by atoms with Gasteiger partial charge in [-0.1, -0.05) is 41.7 Å². The lowest BCUT2D eigenvalue weighted by Crippen LogP contribution is -2.40. The Bertz CT molecular complexity index is 2240. The van der Waals surface area contributed by atoms with Gasteiger partial charge in [0.25, 0.3) is 5.56 Å². The highest BCUT2D eigenvalue weighted by Gasteiger charge is 2.36. The van der Waals surface area contributed by atoms with Gasteiger partial charge in [0.1, 0.15) is 11.8 Å². The quantitative estimate of drug-likeness (QED) is 0.245. The summed E-state index contributed by atoms with van der Waals surface area (Å²) in [5, 5.41) is 1.84. The van der Waals surface area contributed by atoms with Gasteiger partial charge in [-0.15, -0.1) is 0 Å². The fraction of sp³-hybridized carbons (Fsp3) is 0.229. The monoisotopic (exact) mass is 621 g/mol. The van der Waals surface area contributed by atoms with Crippen molar-refractivity contribution in [3.05, 3.63) is 114 Å². The molecule has 0 bridgehead atoms. The number of ether oxygens (including phenoxy) is 4. The molecule has 0 saturated carbocycles. The maximum Gasteiger partial charge on any atom is 0.338 e. The van der Waals surface area contributed by atoms with Crippen LogP contribution in [-0.4, -0.2) is 35.6 Å². The van der Waals surface area contributed by atoms with Crippen molar-refractivity contribution in [2.45, 2.75) is 33.7 Å². The number of carbonyl (C=O) groups is 1. The number of carbonyl (C=O) groups excluding carboxylic acids is 1. The molecule has 228 valence electrons. The molecule has 0 N–H and O–H groups in total. The molecule has 2 aliphatic rings. The number of esters is 1. The van der Waals surface area contributed by atoms with E-state index in [-0.39, 0.29) is 19.0 Å². The van der Waals surface area contributed by atoms with Crippen molar-refractivity contribution in [2.75, 3.05) is 20.5 Å². The van der Waals surface area contributed by atoms with Gasteiger partial charge in [-0.25, -0.2) is 9.79 Å². The zero-order valence-electron chi connectivity index (χ0n) is 25.5. The minimum Gasteiger partial charge on any atom is -0.496 e. The minimum atomic E-state index is -0.801. The van der Waals surface area contributed by atoms with E-state index in [4.69, 9.17) is 23.9 Å². The van der Waals surface area contributed by atoms with E-state index in [0.29, 0.717) is 37.7 Å². The number of thiazole rings is 1. The van der Waals surface area contributed by atoms with Crippen LogP contribution in [-0.2, 0) is 9.53 Å². The van der Waals surface area contributed by atoms with Gasteiger partial charge in [-0.3, -0.25) is 9.36 Å². The van der Waals surface area contributed by atoms with Gasteiger partial charge in [0.2, 0.25) is 6.79 Å². The smallest absolute Gasteiger partial charge is 0.338 e. The summed E-state index contributed by atoms with van der Waals surface area (Å²) in [5.41, 5.74) is 5.08. The van der Waals surface area contributed by atoms with E-state index in [1.165, 1.54) is 11.3 Å². The van der Waals surface area contributed by atoms with Crippen LogP contribution in [0.2, 0.25) is 0 Å². The van der Waals surface area contributed by atoms with Gasteiger partial charge in [0, 0.05) is 28.7 Å². The van der Waals surface area contributed by atoms with Crippen LogP contribution in [0.5, 0.6) is 17.2 Å². The third-order valence-corrected chi connectivity index (χ3v) is 9.30. The van der Waals surface area contributed by atoms with E-state index in [1.807, 2.05) is 74.5 Å². The highest BCUT2D eigenvalue weighted by molar-refractivity contribution is 7.07. The van der Waals surface area contributed by atoms with E-state index in [2.05, 4.69) is 10.6 Å². The Hall–Kier alpha value is -5.09. The van der Waals surface area contributed by atoms with Gasteiger partial charge in [0.05, 0.1) is 29.5 Å². The summed E-state index contributed by atoms with van der Waals surface area (Å²) in [5.74, 6) is 1.47. The molecule has 2 aromatic heterocycles. The first-order valence-electron chi connectivity index (χ1n) is 14.6. The van der Waals surface area contributed by atoms with Crippen LogP contribution in [0.25, 0.3) is 22.5 Å². The van der Waals surface area contributed by atoms with Gasteiger partial charge >= 0.3 is 5.97 Å². The largest absolute Gasteiger partial charge is 0.496 e. The first-order chi connectivity index (χ1) is 21.8. The summed E-state index contributed by atoms with van der Waals surface area (Å²) in [6.07, 6.45) is 1.90. The number of hydrogen-bond acceptors (Lipinski definition) is 8. The predicted molar refractivity (Wildman–Crippen MR) is 172 cm³/mol. The van der Waals surface area contributed by atoms with Crippen LogP contribution >= 0.6 is 11.3 Å². The second kappa shape index (κ2) is 11.1. The fourth-order valence-corrected chi connectivity index (χ4v) is 7.33. The number of nitrogens with zero attached hydrogens (tertiary/aromatic N) is 3. The van der Waals surface area contributed by atoms with Crippen LogP contribution in [0.4, 0.5) is 0 Å². The Morgan fingerprint density at radius 2 is 1.87 bits per heavy atom. The van der Waals surface area contributed by atoms with Crippen molar-refractivity contribution in [3.63, 3.8) is 0 Å². The van der Waals surface area contributed by atoms with Crippen LogP contribution < -0.4 is 29.1 Å². The van der Waals surface area contributed by atoms with Crippen molar-refractivity contribution in [1.29, 1.82) is 0 Å². The summed E-state index contributed by atoms with van der Waals surface area (Å²) in [7, 11) is 1.59. The molecule has 0 unspecified atom stereocenters. The zero-order valence-corrected chi connectivity index (χ0v) is 26.4. The highest BCUT2D eigenvalue weighted by Crippen LogP contribution is 2.40. The van der Waals surface area contributed by atoms with Gasteiger partial charge in [-0.05, 0) is 74.4 Å². The molecule has 0 fully saturated rings. The summed E-state index contributed by atoms with van der Waals surface area (Å²) in [6, 6.07) is 18.8. The summed E-state index contributed by atoms with van der Waals surface area (Å²) in [4.78, 5) is 33.2. The molecule has 9 nitrogen and oxygen atoms in total. The van der Waals surface area contributed by atoms with Crippen molar-refractivity contribution in [3.8, 4) is 22.9 Å². The van der Waals surface area contributed by atoms with Crippen LogP contribution in [0.3, 0.4) is 0 Å². The highest BCUT2D eigenvalue weighted by atomic mass is 32.1. The summed E-state index contributed by atoms with van der Waals surface area (Å²) in [6.45, 7) is 7.99. The average molecular weight is 622 g/mol. The number of fused-ring (bicyclic) bond motifs is 3. The molecule has 7 rings (SSSR count). The van der Waals surface area contributed by atoms with Crippen LogP contribution in [0.1, 0.15) is 42.4 Å². The molecule has 3 aromatic carbocycles. The second-order valence-electron chi connectivity index (χ2n) is 10.9. The lowest BCUT2D eigenvalue weighted by atomic mass is 9.90. The second-order valence-corrected chi connectivity index (χ2v) is 11.9. The number of rotatable bonds is 6. The Morgan fingerprint density at radius 1 is 1.07 bits per heavy atom. The first-order valence-corrected chi connectivity index (χ1v) is 15.5. The summed E-state index contributed by atoms with van der Waals surface area (Å²) < 4.78 is 26.7. The number of allylic oxidation sites excluding steroid dienone is 1. The van der Waals surface area contributed by atoms with E-state index in [1.54, 1.807) is 25.5 Å². The normalized spacial score (nSPS) is 15.8.